The van der Waals surface area contributed by atoms with E-state index in [4.69, 9.17) is 27.9 Å². The second kappa shape index (κ2) is 7.23. The van der Waals surface area contributed by atoms with Gasteiger partial charge in [-0.2, -0.15) is 13.2 Å². The summed E-state index contributed by atoms with van der Waals surface area (Å²) in [4.78, 5) is 23.8. The SMILES string of the molecule is O=C(OCC(=O)c1ccc(Cl)cc1Cl)c1cccc(C(F)(F)F)c1. The summed E-state index contributed by atoms with van der Waals surface area (Å²) in [6, 6.07) is 7.89. The lowest BCUT2D eigenvalue weighted by Gasteiger charge is -2.09. The smallest absolute Gasteiger partial charge is 0.416 e. The molecule has 2 aromatic rings. The summed E-state index contributed by atoms with van der Waals surface area (Å²) in [5, 5.41) is 0.417. The van der Waals surface area contributed by atoms with Gasteiger partial charge in [-0.1, -0.05) is 29.3 Å². The Bertz CT molecular complexity index is 788. The molecule has 0 aromatic heterocycles. The number of ether oxygens (including phenoxy) is 1. The third-order valence-corrected chi connectivity index (χ3v) is 3.54. The van der Waals surface area contributed by atoms with Crippen LogP contribution in [0.1, 0.15) is 26.3 Å². The molecule has 8 heteroatoms. The minimum Gasteiger partial charge on any atom is -0.454 e. The number of benzene rings is 2. The van der Waals surface area contributed by atoms with Gasteiger partial charge in [-0.25, -0.2) is 4.79 Å². The fourth-order valence-electron chi connectivity index (χ4n) is 1.83. The molecule has 0 aliphatic carbocycles. The van der Waals surface area contributed by atoms with E-state index in [1.807, 2.05) is 0 Å². The molecule has 0 aliphatic heterocycles. The number of ketones is 1. The fraction of sp³-hybridized carbons (Fsp3) is 0.125. The lowest BCUT2D eigenvalue weighted by Crippen LogP contribution is -2.15. The molecule has 2 rings (SSSR count). The Balaban J connectivity index is 2.07. The maximum atomic E-state index is 12.6. The van der Waals surface area contributed by atoms with Gasteiger partial charge in [0.25, 0.3) is 0 Å². The number of hydrogen-bond donors (Lipinski definition) is 0. The Morgan fingerprint density at radius 1 is 1.04 bits per heavy atom. The third kappa shape index (κ3) is 4.49. The number of esters is 1. The lowest BCUT2D eigenvalue weighted by molar-refractivity contribution is -0.137. The van der Waals surface area contributed by atoms with Crippen LogP contribution in [-0.4, -0.2) is 18.4 Å². The van der Waals surface area contributed by atoms with Gasteiger partial charge in [-0.15, -0.1) is 0 Å². The maximum absolute atomic E-state index is 12.6. The summed E-state index contributed by atoms with van der Waals surface area (Å²) in [6.07, 6.45) is -4.58. The Hall–Kier alpha value is -2.05. The second-order valence-electron chi connectivity index (χ2n) is 4.70. The number of carbonyl (C=O) groups excluding carboxylic acids is 2. The minimum atomic E-state index is -4.58. The largest absolute Gasteiger partial charge is 0.454 e. The average molecular weight is 377 g/mol. The Kier molecular flexibility index (Phi) is 5.51. The van der Waals surface area contributed by atoms with Crippen LogP contribution >= 0.6 is 23.2 Å². The zero-order chi connectivity index (χ0) is 17.9. The van der Waals surface area contributed by atoms with Gasteiger partial charge < -0.3 is 4.74 Å². The van der Waals surface area contributed by atoms with E-state index in [2.05, 4.69) is 0 Å². The number of alkyl halides is 3. The molecule has 0 aliphatic rings. The van der Waals surface area contributed by atoms with Crippen molar-refractivity contribution in [3.05, 3.63) is 69.2 Å². The third-order valence-electron chi connectivity index (χ3n) is 2.99. The number of Topliss-reactive ketones (excluding diaryl/α,β-unsaturated/α-hetero) is 1. The maximum Gasteiger partial charge on any atom is 0.416 e. The molecule has 0 saturated carbocycles. The normalized spacial score (nSPS) is 11.2. The van der Waals surface area contributed by atoms with Crippen molar-refractivity contribution in [2.45, 2.75) is 6.18 Å². The fourth-order valence-corrected chi connectivity index (χ4v) is 2.34. The van der Waals surface area contributed by atoms with E-state index in [-0.39, 0.29) is 16.1 Å². The van der Waals surface area contributed by atoms with Crippen molar-refractivity contribution in [1.29, 1.82) is 0 Å². The van der Waals surface area contributed by atoms with Gasteiger partial charge in [0, 0.05) is 10.6 Å². The monoisotopic (exact) mass is 376 g/mol. The molecular formula is C16H9Cl2F3O3. The number of carbonyl (C=O) groups is 2. The van der Waals surface area contributed by atoms with Crippen molar-refractivity contribution in [2.24, 2.45) is 0 Å². The van der Waals surface area contributed by atoms with Crippen LogP contribution in [-0.2, 0) is 10.9 Å². The first-order valence-electron chi connectivity index (χ1n) is 6.51. The van der Waals surface area contributed by atoms with Gasteiger partial charge in [0.2, 0.25) is 5.78 Å². The Morgan fingerprint density at radius 2 is 1.75 bits per heavy atom. The van der Waals surface area contributed by atoms with Gasteiger partial charge in [0.15, 0.2) is 6.61 Å². The van der Waals surface area contributed by atoms with Gasteiger partial charge in [0.1, 0.15) is 0 Å². The minimum absolute atomic E-state index is 0.0858. The first-order chi connectivity index (χ1) is 11.2. The summed E-state index contributed by atoms with van der Waals surface area (Å²) < 4.78 is 42.6. The highest BCUT2D eigenvalue weighted by Crippen LogP contribution is 2.29. The van der Waals surface area contributed by atoms with Crippen LogP contribution in [0.4, 0.5) is 13.2 Å². The van der Waals surface area contributed by atoms with Crippen LogP contribution in [0.2, 0.25) is 10.0 Å². The summed E-state index contributed by atoms with van der Waals surface area (Å²) in [6.45, 7) is -0.656. The molecule has 0 radical (unpaired) electrons. The molecule has 0 atom stereocenters. The van der Waals surface area contributed by atoms with E-state index in [1.165, 1.54) is 18.2 Å². The molecule has 24 heavy (non-hydrogen) atoms. The quantitative estimate of drug-likeness (QED) is 0.553. The molecule has 0 saturated heterocycles. The highest BCUT2D eigenvalue weighted by molar-refractivity contribution is 6.36. The number of halogens is 5. The predicted octanol–water partition coefficient (Wildman–Crippen LogP) is 5.05. The van der Waals surface area contributed by atoms with Crippen molar-refractivity contribution in [1.82, 2.24) is 0 Å². The Labute approximate surface area is 144 Å². The van der Waals surface area contributed by atoms with Crippen molar-refractivity contribution in [2.75, 3.05) is 6.61 Å². The predicted molar refractivity (Wildman–Crippen MR) is 82.5 cm³/mol. The molecule has 126 valence electrons. The zero-order valence-electron chi connectivity index (χ0n) is 11.9. The average Bonchev–Trinajstić information content (AvgIpc) is 2.51. The standard InChI is InChI=1S/C16H9Cl2F3O3/c17-11-4-5-12(13(18)7-11)14(22)8-24-15(23)9-2-1-3-10(6-9)16(19,20)21/h1-7H,8H2. The van der Waals surface area contributed by atoms with Crippen molar-refractivity contribution >= 4 is 35.0 Å². The van der Waals surface area contributed by atoms with Gasteiger partial charge in [0.05, 0.1) is 16.1 Å². The van der Waals surface area contributed by atoms with E-state index >= 15 is 0 Å². The van der Waals surface area contributed by atoms with E-state index in [0.717, 1.165) is 18.2 Å². The van der Waals surface area contributed by atoms with E-state index < -0.39 is 30.1 Å². The van der Waals surface area contributed by atoms with Gasteiger partial charge in [-0.05, 0) is 36.4 Å². The lowest BCUT2D eigenvalue weighted by atomic mass is 10.1. The molecule has 0 amide bonds. The summed E-state index contributed by atoms with van der Waals surface area (Å²) in [5.41, 5.74) is -1.19. The summed E-state index contributed by atoms with van der Waals surface area (Å²) in [7, 11) is 0. The first kappa shape index (κ1) is 18.3. The summed E-state index contributed by atoms with van der Waals surface area (Å²) in [5.74, 6) is -1.64. The topological polar surface area (TPSA) is 43.4 Å². The molecule has 0 bridgehead atoms. The van der Waals surface area contributed by atoms with Crippen LogP contribution in [0.5, 0.6) is 0 Å². The van der Waals surface area contributed by atoms with E-state index in [9.17, 15) is 22.8 Å². The van der Waals surface area contributed by atoms with Gasteiger partial charge >= 0.3 is 12.1 Å². The molecular weight excluding hydrogens is 368 g/mol. The van der Waals surface area contributed by atoms with Crippen LogP contribution in [0.25, 0.3) is 0 Å². The van der Waals surface area contributed by atoms with Crippen LogP contribution < -0.4 is 0 Å². The highest BCUT2D eigenvalue weighted by atomic mass is 35.5. The molecule has 0 N–H and O–H groups in total. The van der Waals surface area contributed by atoms with Crippen molar-refractivity contribution in [3.8, 4) is 0 Å². The first-order valence-corrected chi connectivity index (χ1v) is 7.26. The molecule has 0 unspecified atom stereocenters. The van der Waals surface area contributed by atoms with Crippen molar-refractivity contribution < 1.29 is 27.5 Å². The van der Waals surface area contributed by atoms with E-state index in [0.29, 0.717) is 11.1 Å². The molecule has 2 aromatic carbocycles. The number of hydrogen-bond acceptors (Lipinski definition) is 3. The summed E-state index contributed by atoms with van der Waals surface area (Å²) >= 11 is 11.6. The van der Waals surface area contributed by atoms with Crippen LogP contribution in [0, 0.1) is 0 Å². The van der Waals surface area contributed by atoms with Gasteiger partial charge in [-0.3, -0.25) is 4.79 Å². The number of rotatable bonds is 4. The molecule has 0 spiro atoms. The zero-order valence-corrected chi connectivity index (χ0v) is 13.4. The molecule has 0 heterocycles. The van der Waals surface area contributed by atoms with Crippen LogP contribution in [0.3, 0.4) is 0 Å². The Morgan fingerprint density at radius 3 is 2.38 bits per heavy atom. The van der Waals surface area contributed by atoms with E-state index in [1.54, 1.807) is 0 Å². The molecule has 3 nitrogen and oxygen atoms in total. The van der Waals surface area contributed by atoms with Crippen LogP contribution in [0.15, 0.2) is 42.5 Å². The highest BCUT2D eigenvalue weighted by Gasteiger charge is 2.31. The molecule has 0 fully saturated rings. The van der Waals surface area contributed by atoms with Crippen molar-refractivity contribution in [3.63, 3.8) is 0 Å². The second-order valence-corrected chi connectivity index (χ2v) is 5.55.